The molecule has 0 aliphatic carbocycles. The van der Waals surface area contributed by atoms with Crippen LogP contribution < -0.4 is 0 Å². The monoisotopic (exact) mass is 310 g/mol. The van der Waals surface area contributed by atoms with Gasteiger partial charge in [0.25, 0.3) is 0 Å². The summed E-state index contributed by atoms with van der Waals surface area (Å²) in [6.07, 6.45) is 18.5. The van der Waals surface area contributed by atoms with Crippen molar-refractivity contribution in [1.29, 1.82) is 0 Å². The van der Waals surface area contributed by atoms with Crippen LogP contribution in [0.5, 0.6) is 0 Å². The zero-order chi connectivity index (χ0) is 16.6. The predicted molar refractivity (Wildman–Crippen MR) is 99.3 cm³/mol. The van der Waals surface area contributed by atoms with Gasteiger partial charge in [-0.05, 0) is 12.3 Å². The fourth-order valence-electron chi connectivity index (χ4n) is 3.06. The third-order valence-electron chi connectivity index (χ3n) is 4.65. The van der Waals surface area contributed by atoms with Crippen LogP contribution in [0.2, 0.25) is 0 Å². The SMILES string of the molecule is CCCCCCCCCCCCCCC(C)C(=O)CC(C)C. The quantitative estimate of drug-likeness (QED) is 0.273. The molecule has 22 heavy (non-hydrogen) atoms. The van der Waals surface area contributed by atoms with Gasteiger partial charge in [-0.1, -0.05) is 105 Å². The molecule has 0 spiro atoms. The molecule has 132 valence electrons. The van der Waals surface area contributed by atoms with Crippen molar-refractivity contribution in [2.75, 3.05) is 0 Å². The molecule has 0 aromatic rings. The molecule has 0 aromatic heterocycles. The number of ketones is 1. The third-order valence-corrected chi connectivity index (χ3v) is 4.65. The Morgan fingerprint density at radius 3 is 1.50 bits per heavy atom. The molecule has 0 fully saturated rings. The van der Waals surface area contributed by atoms with Crippen LogP contribution in [0.4, 0.5) is 0 Å². The molecule has 1 heteroatoms. The Morgan fingerprint density at radius 2 is 1.09 bits per heavy atom. The van der Waals surface area contributed by atoms with E-state index in [9.17, 15) is 4.79 Å². The molecule has 0 N–H and O–H groups in total. The van der Waals surface area contributed by atoms with E-state index in [1.807, 2.05) is 0 Å². The highest BCUT2D eigenvalue weighted by atomic mass is 16.1. The minimum Gasteiger partial charge on any atom is -0.299 e. The highest BCUT2D eigenvalue weighted by Gasteiger charge is 2.13. The van der Waals surface area contributed by atoms with Crippen molar-refractivity contribution < 1.29 is 4.79 Å². The largest absolute Gasteiger partial charge is 0.299 e. The van der Waals surface area contributed by atoms with Crippen LogP contribution in [0.1, 0.15) is 118 Å². The summed E-state index contributed by atoms with van der Waals surface area (Å²) in [6.45, 7) is 8.66. The summed E-state index contributed by atoms with van der Waals surface area (Å²) in [4.78, 5) is 11.9. The van der Waals surface area contributed by atoms with Gasteiger partial charge in [-0.2, -0.15) is 0 Å². The molecule has 0 aliphatic heterocycles. The zero-order valence-electron chi connectivity index (χ0n) is 16.0. The van der Waals surface area contributed by atoms with Crippen LogP contribution in [0.15, 0.2) is 0 Å². The Hall–Kier alpha value is -0.330. The first-order chi connectivity index (χ1) is 10.6. The molecular formula is C21H42O. The van der Waals surface area contributed by atoms with Crippen LogP contribution in [-0.4, -0.2) is 5.78 Å². The van der Waals surface area contributed by atoms with Crippen molar-refractivity contribution in [3.8, 4) is 0 Å². The van der Waals surface area contributed by atoms with Gasteiger partial charge in [-0.25, -0.2) is 0 Å². The zero-order valence-corrected chi connectivity index (χ0v) is 16.0. The summed E-state index contributed by atoms with van der Waals surface area (Å²) in [5.41, 5.74) is 0. The lowest BCUT2D eigenvalue weighted by Gasteiger charge is -2.11. The predicted octanol–water partition coefficient (Wildman–Crippen LogP) is 7.33. The van der Waals surface area contributed by atoms with Crippen LogP contribution >= 0.6 is 0 Å². The van der Waals surface area contributed by atoms with E-state index in [0.717, 1.165) is 12.8 Å². The van der Waals surface area contributed by atoms with Crippen LogP contribution in [0.25, 0.3) is 0 Å². The van der Waals surface area contributed by atoms with E-state index in [0.29, 0.717) is 11.7 Å². The second kappa shape index (κ2) is 15.6. The van der Waals surface area contributed by atoms with Gasteiger partial charge in [0.05, 0.1) is 0 Å². The molecular weight excluding hydrogens is 268 g/mol. The lowest BCUT2D eigenvalue weighted by Crippen LogP contribution is -2.13. The molecule has 0 saturated heterocycles. The summed E-state index contributed by atoms with van der Waals surface area (Å²) in [5, 5.41) is 0. The first-order valence-electron chi connectivity index (χ1n) is 10.1. The maximum Gasteiger partial charge on any atom is 0.135 e. The van der Waals surface area contributed by atoms with Gasteiger partial charge >= 0.3 is 0 Å². The molecule has 0 amide bonds. The highest BCUT2D eigenvalue weighted by molar-refractivity contribution is 5.80. The molecule has 1 unspecified atom stereocenters. The van der Waals surface area contributed by atoms with Crippen molar-refractivity contribution in [2.45, 2.75) is 118 Å². The summed E-state index contributed by atoms with van der Waals surface area (Å²) < 4.78 is 0. The Morgan fingerprint density at radius 1 is 0.682 bits per heavy atom. The number of carbonyl (C=O) groups is 1. The minimum absolute atomic E-state index is 0.283. The van der Waals surface area contributed by atoms with E-state index in [2.05, 4.69) is 27.7 Å². The fourth-order valence-corrected chi connectivity index (χ4v) is 3.06. The fraction of sp³-hybridized carbons (Fsp3) is 0.952. The van der Waals surface area contributed by atoms with Crippen LogP contribution in [0.3, 0.4) is 0 Å². The Bertz CT molecular complexity index is 244. The Labute approximate surface area is 140 Å². The standard InChI is InChI=1S/C21H42O/c1-5-6-7-8-9-10-11-12-13-14-15-16-17-20(4)21(22)18-19(2)3/h19-20H,5-18H2,1-4H3. The van der Waals surface area contributed by atoms with Gasteiger partial charge < -0.3 is 0 Å². The van der Waals surface area contributed by atoms with Crippen molar-refractivity contribution >= 4 is 5.78 Å². The maximum absolute atomic E-state index is 11.9. The minimum atomic E-state index is 0.283. The second-order valence-electron chi connectivity index (χ2n) is 7.64. The van der Waals surface area contributed by atoms with Crippen LogP contribution in [-0.2, 0) is 4.79 Å². The maximum atomic E-state index is 11.9. The third kappa shape index (κ3) is 14.6. The molecule has 0 heterocycles. The lowest BCUT2D eigenvalue weighted by atomic mass is 9.93. The van der Waals surface area contributed by atoms with Gasteiger partial charge in [0.1, 0.15) is 5.78 Å². The number of unbranched alkanes of at least 4 members (excludes halogenated alkanes) is 11. The van der Waals surface area contributed by atoms with Crippen molar-refractivity contribution in [3.63, 3.8) is 0 Å². The van der Waals surface area contributed by atoms with E-state index in [-0.39, 0.29) is 5.92 Å². The number of Topliss-reactive ketones (excluding diaryl/α,β-unsaturated/α-hetero) is 1. The summed E-state index contributed by atoms with van der Waals surface area (Å²) in [6, 6.07) is 0. The smallest absolute Gasteiger partial charge is 0.135 e. The first-order valence-corrected chi connectivity index (χ1v) is 10.1. The van der Waals surface area contributed by atoms with Gasteiger partial charge in [-0.3, -0.25) is 4.79 Å². The van der Waals surface area contributed by atoms with Crippen molar-refractivity contribution in [2.24, 2.45) is 11.8 Å². The molecule has 0 aliphatic rings. The van der Waals surface area contributed by atoms with E-state index in [1.54, 1.807) is 0 Å². The average molecular weight is 311 g/mol. The normalized spacial score (nSPS) is 12.8. The molecule has 1 atom stereocenters. The molecule has 0 bridgehead atoms. The van der Waals surface area contributed by atoms with Crippen molar-refractivity contribution in [1.82, 2.24) is 0 Å². The first kappa shape index (κ1) is 21.7. The summed E-state index contributed by atoms with van der Waals surface area (Å²) in [5.74, 6) is 1.26. The molecule has 1 nitrogen and oxygen atoms in total. The van der Waals surface area contributed by atoms with E-state index >= 15 is 0 Å². The van der Waals surface area contributed by atoms with Crippen LogP contribution in [0, 0.1) is 11.8 Å². The molecule has 0 radical (unpaired) electrons. The average Bonchev–Trinajstić information content (AvgIpc) is 2.47. The van der Waals surface area contributed by atoms with Gasteiger partial charge in [0, 0.05) is 12.3 Å². The van der Waals surface area contributed by atoms with Crippen molar-refractivity contribution in [3.05, 3.63) is 0 Å². The van der Waals surface area contributed by atoms with E-state index < -0.39 is 0 Å². The number of rotatable bonds is 16. The Kier molecular flexibility index (Phi) is 15.3. The summed E-state index contributed by atoms with van der Waals surface area (Å²) in [7, 11) is 0. The molecule has 0 aromatic carbocycles. The number of carbonyl (C=O) groups excluding carboxylic acids is 1. The van der Waals surface area contributed by atoms with E-state index in [1.165, 1.54) is 77.0 Å². The summed E-state index contributed by atoms with van der Waals surface area (Å²) >= 11 is 0. The van der Waals surface area contributed by atoms with Gasteiger partial charge in [0.2, 0.25) is 0 Å². The van der Waals surface area contributed by atoms with Gasteiger partial charge in [0.15, 0.2) is 0 Å². The van der Waals surface area contributed by atoms with E-state index in [4.69, 9.17) is 0 Å². The van der Waals surface area contributed by atoms with Gasteiger partial charge in [-0.15, -0.1) is 0 Å². The highest BCUT2D eigenvalue weighted by Crippen LogP contribution is 2.17. The lowest BCUT2D eigenvalue weighted by molar-refractivity contribution is -0.123. The second-order valence-corrected chi connectivity index (χ2v) is 7.64. The Balaban J connectivity index is 3.24. The molecule has 0 rings (SSSR count). The number of hydrogen-bond acceptors (Lipinski definition) is 1. The molecule has 0 saturated carbocycles. The topological polar surface area (TPSA) is 17.1 Å². The number of hydrogen-bond donors (Lipinski definition) is 0.